The normalized spacial score (nSPS) is 11.7. The smallest absolute Gasteiger partial charge is 0.0927 e. The number of aromatic nitrogens is 8. The second kappa shape index (κ2) is 9.07. The Balaban J connectivity index is 0.00000256. The average molecular weight is 627 g/mol. The molecular weight excluding hydrogens is 611 g/mol. The first-order valence-electron chi connectivity index (χ1n) is 12.9. The zero-order chi connectivity index (χ0) is 26.2. The van der Waals surface area contributed by atoms with Crippen LogP contribution >= 0.6 is 0 Å². The van der Waals surface area contributed by atoms with E-state index in [0.29, 0.717) is 45.9 Å². The van der Waals surface area contributed by atoms with Crippen LogP contribution in [0.25, 0.3) is 89.7 Å². The molecule has 0 fully saturated rings. The third-order valence-corrected chi connectivity index (χ3v) is 7.33. The van der Waals surface area contributed by atoms with E-state index in [-0.39, 0.29) is 25.8 Å². The van der Waals surface area contributed by atoms with Gasteiger partial charge in [0.25, 0.3) is 0 Å². The quantitative estimate of drug-likeness (QED) is 0.210. The fraction of sp³-hybridized carbons (Fsp3) is 0. The fourth-order valence-corrected chi connectivity index (χ4v) is 5.46. The topological polar surface area (TPSA) is 106 Å². The number of fused-ring (bicyclic) bond motifs is 20. The largest absolute Gasteiger partial charge is 0.357 e. The average Bonchev–Trinajstić information content (AvgIpc) is 3.73. The Bertz CT molecular complexity index is 2030. The zero-order valence-corrected chi connectivity index (χ0v) is 24.7. The van der Waals surface area contributed by atoms with Crippen LogP contribution in [0.3, 0.4) is 0 Å². The first kappa shape index (κ1) is 24.0. The van der Waals surface area contributed by atoms with Crippen molar-refractivity contribution < 1.29 is 0 Å². The molecule has 9 heteroatoms. The van der Waals surface area contributed by atoms with Crippen LogP contribution in [0.2, 0.25) is 0 Å². The van der Waals surface area contributed by atoms with Crippen molar-refractivity contribution in [2.75, 3.05) is 0 Å². The van der Waals surface area contributed by atoms with Crippen LogP contribution in [-0.4, -0.2) is 55.7 Å². The maximum Gasteiger partial charge on any atom is 0.0927 e. The van der Waals surface area contributed by atoms with E-state index in [1.54, 1.807) is 0 Å². The first-order valence-corrected chi connectivity index (χ1v) is 12.9. The monoisotopic (exact) mass is 627 g/mol. The fourth-order valence-electron chi connectivity index (χ4n) is 5.46. The van der Waals surface area contributed by atoms with Crippen LogP contribution in [0.15, 0.2) is 97.1 Å². The molecule has 4 aromatic carbocycles. The third-order valence-electron chi connectivity index (χ3n) is 7.33. The summed E-state index contributed by atoms with van der Waals surface area (Å²) in [5.74, 6) is 2.21. The van der Waals surface area contributed by atoms with Crippen LogP contribution in [0.4, 0.5) is 0 Å². The number of benzene rings is 4. The SMILES string of the molecule is [In].c1ccc2c(c1)-c1nc-2nc2[n-]c(nc3nc(nc4[n-]c(n1)c1ccccc41)-c1ccccc1-3)c1ccccc21. The molecule has 0 spiro atoms. The van der Waals surface area contributed by atoms with Crippen LogP contribution < -0.4 is 9.97 Å². The van der Waals surface area contributed by atoms with Crippen LogP contribution in [0.1, 0.15) is 0 Å². The second-order valence-corrected chi connectivity index (χ2v) is 9.67. The van der Waals surface area contributed by atoms with Crippen molar-refractivity contribution in [3.05, 3.63) is 97.1 Å². The molecule has 41 heavy (non-hydrogen) atoms. The van der Waals surface area contributed by atoms with Gasteiger partial charge in [0.05, 0.1) is 23.3 Å². The van der Waals surface area contributed by atoms with Gasteiger partial charge in [-0.2, -0.15) is 0 Å². The summed E-state index contributed by atoms with van der Waals surface area (Å²) in [5.41, 5.74) is 5.78. The number of hydrogen-bond acceptors (Lipinski definition) is 6. The van der Waals surface area contributed by atoms with Crippen molar-refractivity contribution in [2.24, 2.45) is 0 Å². The van der Waals surface area contributed by atoms with Gasteiger partial charge in [0, 0.05) is 70.7 Å². The molecule has 2 aliphatic heterocycles. The predicted molar refractivity (Wildman–Crippen MR) is 160 cm³/mol. The van der Waals surface area contributed by atoms with Crippen LogP contribution in [0.5, 0.6) is 0 Å². The first-order chi connectivity index (χ1) is 19.8. The van der Waals surface area contributed by atoms with Crippen LogP contribution in [-0.2, 0) is 0 Å². The van der Waals surface area contributed by atoms with Crippen molar-refractivity contribution in [3.8, 4) is 45.6 Å². The third kappa shape index (κ3) is 3.62. The Morgan fingerprint density at radius 1 is 0.317 bits per heavy atom. The van der Waals surface area contributed by atoms with Gasteiger partial charge in [0.1, 0.15) is 0 Å². The summed E-state index contributed by atoms with van der Waals surface area (Å²) >= 11 is 0. The summed E-state index contributed by atoms with van der Waals surface area (Å²) < 4.78 is 0. The minimum Gasteiger partial charge on any atom is -0.357 e. The number of nitrogens with zero attached hydrogens (tertiary/aromatic N) is 8. The van der Waals surface area contributed by atoms with E-state index in [4.69, 9.17) is 39.9 Å². The van der Waals surface area contributed by atoms with Gasteiger partial charge in [-0.05, 0) is 21.5 Å². The molecule has 8 nitrogen and oxygen atoms in total. The molecule has 9 rings (SSSR count). The van der Waals surface area contributed by atoms with E-state index in [2.05, 4.69) is 0 Å². The summed E-state index contributed by atoms with van der Waals surface area (Å²) in [7, 11) is 0. The minimum absolute atomic E-state index is 0. The molecule has 0 saturated carbocycles. The van der Waals surface area contributed by atoms with Crippen molar-refractivity contribution in [2.45, 2.75) is 0 Å². The van der Waals surface area contributed by atoms with Crippen LogP contribution in [0, 0.1) is 0 Å². The molecule has 7 aromatic rings. The summed E-state index contributed by atoms with van der Waals surface area (Å²) in [6, 6.07) is 31.8. The van der Waals surface area contributed by atoms with Crippen molar-refractivity contribution >= 4 is 70.0 Å². The molecule has 5 heterocycles. The summed E-state index contributed by atoms with van der Waals surface area (Å²) in [6.45, 7) is 0. The van der Waals surface area contributed by atoms with Gasteiger partial charge in [0.2, 0.25) is 0 Å². The minimum atomic E-state index is 0. The number of hydrogen-bond donors (Lipinski definition) is 0. The van der Waals surface area contributed by atoms with Crippen molar-refractivity contribution in [3.63, 3.8) is 0 Å². The van der Waals surface area contributed by atoms with Crippen molar-refractivity contribution in [1.82, 2.24) is 39.9 Å². The Kier molecular flexibility index (Phi) is 5.30. The molecule has 0 atom stereocenters. The van der Waals surface area contributed by atoms with E-state index >= 15 is 0 Å². The molecule has 2 aliphatic rings. The Morgan fingerprint density at radius 3 is 0.829 bits per heavy atom. The van der Waals surface area contributed by atoms with E-state index < -0.39 is 0 Å². The van der Waals surface area contributed by atoms with Gasteiger partial charge in [-0.3, -0.25) is 0 Å². The molecular formula is C32H16InN8-2. The molecule has 189 valence electrons. The Morgan fingerprint density at radius 2 is 0.561 bits per heavy atom. The molecule has 0 N–H and O–H groups in total. The Labute approximate surface area is 251 Å². The molecule has 0 unspecified atom stereocenters. The molecule has 0 amide bonds. The van der Waals surface area contributed by atoms with E-state index in [1.165, 1.54) is 0 Å². The maximum atomic E-state index is 4.95. The van der Waals surface area contributed by atoms with Gasteiger partial charge >= 0.3 is 0 Å². The maximum absolute atomic E-state index is 4.95. The molecule has 0 aliphatic carbocycles. The van der Waals surface area contributed by atoms with Gasteiger partial charge in [-0.25, -0.2) is 9.97 Å². The van der Waals surface area contributed by atoms with E-state index in [9.17, 15) is 0 Å². The summed E-state index contributed by atoms with van der Waals surface area (Å²) in [4.78, 5) is 39.3. The molecule has 8 bridgehead atoms. The summed E-state index contributed by atoms with van der Waals surface area (Å²) in [6.07, 6.45) is 0. The summed E-state index contributed by atoms with van der Waals surface area (Å²) in [5, 5.41) is 3.57. The van der Waals surface area contributed by atoms with Gasteiger partial charge in [-0.1, -0.05) is 97.1 Å². The van der Waals surface area contributed by atoms with E-state index in [1.807, 2.05) is 97.1 Å². The number of rotatable bonds is 0. The van der Waals surface area contributed by atoms with Gasteiger partial charge in [-0.15, -0.1) is 0 Å². The van der Waals surface area contributed by atoms with Gasteiger partial charge in [0.15, 0.2) is 0 Å². The predicted octanol–water partition coefficient (Wildman–Crippen LogP) is 5.75. The standard InChI is InChI=1S/C32H16N8.In/c1-2-10-18-17(9-1)25-33-26(18)38-28-21-13-5-6-14-22(21)30(35-28)40-32-24-16-8-7-15-23(24)31(36-32)39-29-20-12-4-3-11-19(20)27(34-29)37-25;/h1-16H;/q-2;. The molecule has 3 radical (unpaired) electrons. The van der Waals surface area contributed by atoms with Gasteiger partial charge < -0.3 is 29.9 Å². The second-order valence-electron chi connectivity index (χ2n) is 9.67. The zero-order valence-electron chi connectivity index (χ0n) is 21.4. The van der Waals surface area contributed by atoms with Crippen molar-refractivity contribution in [1.29, 1.82) is 0 Å². The van der Waals surface area contributed by atoms with E-state index in [0.717, 1.165) is 43.8 Å². The molecule has 3 aromatic heterocycles. The molecule has 0 saturated heterocycles. The Hall–Kier alpha value is -4.89.